The number of para-hydroxylation sites is 1. The molecule has 0 bridgehead atoms. The van der Waals surface area contributed by atoms with Gasteiger partial charge >= 0.3 is 5.97 Å². The van der Waals surface area contributed by atoms with Gasteiger partial charge in [-0.15, -0.1) is 0 Å². The van der Waals surface area contributed by atoms with E-state index >= 15 is 0 Å². The summed E-state index contributed by atoms with van der Waals surface area (Å²) >= 11 is 1.94. The molecule has 0 radical (unpaired) electrons. The van der Waals surface area contributed by atoms with Crippen LogP contribution in [0.15, 0.2) is 24.3 Å². The number of carboxylic acid groups (broad SMARTS) is 1. The molecule has 0 amide bonds. The van der Waals surface area contributed by atoms with E-state index in [1.54, 1.807) is 0 Å². The zero-order valence-electron chi connectivity index (χ0n) is 8.89. The average Bonchev–Trinajstić information content (AvgIpc) is 2.80. The number of rotatable bonds is 4. The van der Waals surface area contributed by atoms with Crippen molar-refractivity contribution in [2.24, 2.45) is 0 Å². The van der Waals surface area contributed by atoms with Crippen molar-refractivity contribution in [3.8, 4) is 5.75 Å². The van der Waals surface area contributed by atoms with Crippen molar-refractivity contribution < 1.29 is 14.6 Å². The van der Waals surface area contributed by atoms with E-state index in [0.717, 1.165) is 23.5 Å². The van der Waals surface area contributed by atoms with Gasteiger partial charge in [0.2, 0.25) is 0 Å². The van der Waals surface area contributed by atoms with Gasteiger partial charge in [0.15, 0.2) is 6.61 Å². The van der Waals surface area contributed by atoms with Gasteiger partial charge in [0.1, 0.15) is 5.75 Å². The molecule has 0 spiro atoms. The molecule has 1 unspecified atom stereocenters. The Morgan fingerprint density at radius 1 is 1.50 bits per heavy atom. The summed E-state index contributed by atoms with van der Waals surface area (Å²) in [5.74, 6) is 2.58. The lowest BCUT2D eigenvalue weighted by Gasteiger charge is -2.14. The summed E-state index contributed by atoms with van der Waals surface area (Å²) in [4.78, 5) is 10.5. The quantitative estimate of drug-likeness (QED) is 0.874. The maximum Gasteiger partial charge on any atom is 0.341 e. The Morgan fingerprint density at radius 3 is 3.00 bits per heavy atom. The zero-order chi connectivity index (χ0) is 11.4. The molecule has 1 N–H and O–H groups in total. The van der Waals surface area contributed by atoms with Gasteiger partial charge in [-0.1, -0.05) is 18.2 Å². The smallest absolute Gasteiger partial charge is 0.341 e. The van der Waals surface area contributed by atoms with Crippen LogP contribution in [-0.2, 0) is 4.79 Å². The molecule has 1 saturated heterocycles. The van der Waals surface area contributed by atoms with Crippen LogP contribution in [-0.4, -0.2) is 29.2 Å². The minimum atomic E-state index is -0.935. The predicted octanol–water partition coefficient (Wildman–Crippen LogP) is 2.37. The van der Waals surface area contributed by atoms with E-state index in [4.69, 9.17) is 9.84 Å². The summed E-state index contributed by atoms with van der Waals surface area (Å²) in [5, 5.41) is 8.60. The number of carbonyl (C=O) groups is 1. The Kier molecular flexibility index (Phi) is 3.72. The van der Waals surface area contributed by atoms with Gasteiger partial charge in [-0.05, 0) is 29.7 Å². The monoisotopic (exact) mass is 238 g/mol. The molecule has 1 fully saturated rings. The Labute approximate surface area is 98.8 Å². The third kappa shape index (κ3) is 2.70. The van der Waals surface area contributed by atoms with Gasteiger partial charge in [-0.2, -0.15) is 11.8 Å². The number of hydrogen-bond donors (Lipinski definition) is 1. The fourth-order valence-corrected chi connectivity index (χ4v) is 3.12. The molecule has 1 atom stereocenters. The molecule has 0 aliphatic carbocycles. The standard InChI is InChI=1S/C12H14O3S/c13-12(14)7-15-11-4-2-1-3-10(11)9-5-6-16-8-9/h1-4,9H,5-8H2,(H,13,14). The number of thioether (sulfide) groups is 1. The van der Waals surface area contributed by atoms with E-state index in [0.29, 0.717) is 5.92 Å². The fraction of sp³-hybridized carbons (Fsp3) is 0.417. The van der Waals surface area contributed by atoms with E-state index in [2.05, 4.69) is 0 Å². The SMILES string of the molecule is O=C(O)COc1ccccc1C1CCSC1. The second-order valence-electron chi connectivity index (χ2n) is 3.78. The third-order valence-corrected chi connectivity index (χ3v) is 3.80. The first-order chi connectivity index (χ1) is 7.77. The second kappa shape index (κ2) is 5.25. The lowest BCUT2D eigenvalue weighted by atomic mass is 9.98. The number of carboxylic acids is 1. The van der Waals surface area contributed by atoms with Crippen LogP contribution < -0.4 is 4.74 Å². The highest BCUT2D eigenvalue weighted by atomic mass is 32.2. The Hall–Kier alpha value is -1.16. The molecular weight excluding hydrogens is 224 g/mol. The van der Waals surface area contributed by atoms with Crippen LogP contribution in [0.1, 0.15) is 17.9 Å². The minimum absolute atomic E-state index is 0.267. The molecule has 1 aliphatic rings. The Morgan fingerprint density at radius 2 is 2.31 bits per heavy atom. The largest absolute Gasteiger partial charge is 0.482 e. The number of aliphatic carboxylic acids is 1. The minimum Gasteiger partial charge on any atom is -0.482 e. The van der Waals surface area contributed by atoms with E-state index in [9.17, 15) is 4.79 Å². The Balaban J connectivity index is 2.13. The number of ether oxygens (including phenoxy) is 1. The number of hydrogen-bond acceptors (Lipinski definition) is 3. The molecule has 0 aromatic heterocycles. The summed E-state index contributed by atoms with van der Waals surface area (Å²) in [7, 11) is 0. The molecule has 4 heteroatoms. The maximum absolute atomic E-state index is 10.5. The summed E-state index contributed by atoms with van der Waals surface area (Å²) in [6, 6.07) is 7.74. The van der Waals surface area contributed by atoms with Crippen LogP contribution >= 0.6 is 11.8 Å². The van der Waals surface area contributed by atoms with Crippen molar-refractivity contribution in [2.75, 3.05) is 18.1 Å². The fourth-order valence-electron chi connectivity index (χ4n) is 1.87. The van der Waals surface area contributed by atoms with Crippen molar-refractivity contribution >= 4 is 17.7 Å². The van der Waals surface area contributed by atoms with Crippen LogP contribution in [0.3, 0.4) is 0 Å². The molecule has 16 heavy (non-hydrogen) atoms. The molecule has 1 aliphatic heterocycles. The van der Waals surface area contributed by atoms with Crippen LogP contribution in [0, 0.1) is 0 Å². The van der Waals surface area contributed by atoms with Gasteiger partial charge < -0.3 is 9.84 Å². The van der Waals surface area contributed by atoms with E-state index in [1.165, 1.54) is 5.75 Å². The molecule has 1 aromatic rings. The lowest BCUT2D eigenvalue weighted by molar-refractivity contribution is -0.139. The van der Waals surface area contributed by atoms with Gasteiger partial charge in [-0.25, -0.2) is 4.79 Å². The molecule has 2 rings (SSSR count). The predicted molar refractivity (Wildman–Crippen MR) is 64.3 cm³/mol. The van der Waals surface area contributed by atoms with Crippen molar-refractivity contribution in [2.45, 2.75) is 12.3 Å². The van der Waals surface area contributed by atoms with Crippen LogP contribution in [0.4, 0.5) is 0 Å². The van der Waals surface area contributed by atoms with Gasteiger partial charge in [-0.3, -0.25) is 0 Å². The third-order valence-electron chi connectivity index (χ3n) is 2.64. The average molecular weight is 238 g/mol. The first-order valence-corrected chi connectivity index (χ1v) is 6.44. The van der Waals surface area contributed by atoms with Crippen molar-refractivity contribution in [1.29, 1.82) is 0 Å². The summed E-state index contributed by atoms with van der Waals surface area (Å²) in [6.45, 7) is -0.267. The molecular formula is C12H14O3S. The van der Waals surface area contributed by atoms with E-state index < -0.39 is 5.97 Å². The summed E-state index contributed by atoms with van der Waals surface area (Å²) in [6.07, 6.45) is 1.15. The molecule has 1 heterocycles. The van der Waals surface area contributed by atoms with Crippen molar-refractivity contribution in [3.63, 3.8) is 0 Å². The van der Waals surface area contributed by atoms with Gasteiger partial charge in [0.05, 0.1) is 0 Å². The van der Waals surface area contributed by atoms with Crippen molar-refractivity contribution in [3.05, 3.63) is 29.8 Å². The second-order valence-corrected chi connectivity index (χ2v) is 4.93. The van der Waals surface area contributed by atoms with Crippen LogP contribution in [0.25, 0.3) is 0 Å². The lowest BCUT2D eigenvalue weighted by Crippen LogP contribution is -2.11. The van der Waals surface area contributed by atoms with Crippen molar-refractivity contribution in [1.82, 2.24) is 0 Å². The molecule has 0 saturated carbocycles. The summed E-state index contributed by atoms with van der Waals surface area (Å²) < 4.78 is 5.30. The molecule has 1 aromatic carbocycles. The highest BCUT2D eigenvalue weighted by molar-refractivity contribution is 7.99. The highest BCUT2D eigenvalue weighted by Crippen LogP contribution is 2.36. The first kappa shape index (κ1) is 11.3. The molecule has 3 nitrogen and oxygen atoms in total. The van der Waals surface area contributed by atoms with E-state index in [-0.39, 0.29) is 6.61 Å². The first-order valence-electron chi connectivity index (χ1n) is 5.28. The molecule has 86 valence electrons. The van der Waals surface area contributed by atoms with Gasteiger partial charge in [0, 0.05) is 5.75 Å². The summed E-state index contributed by atoms with van der Waals surface area (Å²) in [5.41, 5.74) is 1.15. The normalized spacial score (nSPS) is 19.6. The van der Waals surface area contributed by atoms with Gasteiger partial charge in [0.25, 0.3) is 0 Å². The van der Waals surface area contributed by atoms with Crippen LogP contribution in [0.2, 0.25) is 0 Å². The number of benzene rings is 1. The topological polar surface area (TPSA) is 46.5 Å². The highest BCUT2D eigenvalue weighted by Gasteiger charge is 2.20. The van der Waals surface area contributed by atoms with Crippen LogP contribution in [0.5, 0.6) is 5.75 Å². The maximum atomic E-state index is 10.5. The zero-order valence-corrected chi connectivity index (χ0v) is 9.70. The van der Waals surface area contributed by atoms with E-state index in [1.807, 2.05) is 36.0 Å². The Bertz CT molecular complexity index is 372.